The van der Waals surface area contributed by atoms with Gasteiger partial charge in [0.15, 0.2) is 0 Å². The molecular formula is C23H23NO2. The number of phenols is 1. The molecule has 0 unspecified atom stereocenters. The van der Waals surface area contributed by atoms with Gasteiger partial charge in [0.25, 0.3) is 0 Å². The molecule has 132 valence electrons. The molecule has 3 aromatic carbocycles. The predicted octanol–water partition coefficient (Wildman–Crippen LogP) is 4.76. The van der Waals surface area contributed by atoms with E-state index in [1.807, 2.05) is 18.2 Å². The van der Waals surface area contributed by atoms with Crippen LogP contribution in [0.2, 0.25) is 0 Å². The number of aromatic hydroxyl groups is 1. The van der Waals surface area contributed by atoms with Crippen molar-refractivity contribution in [3.8, 4) is 16.9 Å². The van der Waals surface area contributed by atoms with Crippen molar-refractivity contribution in [2.24, 2.45) is 0 Å². The molecule has 3 nitrogen and oxygen atoms in total. The van der Waals surface area contributed by atoms with Crippen molar-refractivity contribution < 1.29 is 9.84 Å². The van der Waals surface area contributed by atoms with Gasteiger partial charge >= 0.3 is 0 Å². The number of ether oxygens (including phenoxy) is 1. The second-order valence-electron chi connectivity index (χ2n) is 6.94. The smallest absolute Gasteiger partial charge is 0.115 e. The maximum Gasteiger partial charge on any atom is 0.115 e. The molecule has 1 aliphatic heterocycles. The Bertz CT molecular complexity index is 874. The average Bonchev–Trinajstić information content (AvgIpc) is 2.67. The Balaban J connectivity index is 1.47. The van der Waals surface area contributed by atoms with Gasteiger partial charge in [-0.05, 0) is 47.0 Å². The molecule has 1 atom stereocenters. The van der Waals surface area contributed by atoms with E-state index in [1.165, 1.54) is 16.7 Å². The highest BCUT2D eigenvalue weighted by Crippen LogP contribution is 2.32. The van der Waals surface area contributed by atoms with Crippen LogP contribution in [0.4, 0.5) is 0 Å². The summed E-state index contributed by atoms with van der Waals surface area (Å²) in [4.78, 5) is 2.25. The molecule has 1 heterocycles. The molecule has 3 aromatic rings. The lowest BCUT2D eigenvalue weighted by Crippen LogP contribution is -2.31. The van der Waals surface area contributed by atoms with Crippen LogP contribution in [0.15, 0.2) is 72.8 Å². The zero-order valence-corrected chi connectivity index (χ0v) is 14.9. The summed E-state index contributed by atoms with van der Waals surface area (Å²) in [6.07, 6.45) is -0.0235. The molecule has 0 fully saturated rings. The minimum atomic E-state index is -0.0235. The second kappa shape index (κ2) is 7.32. The monoisotopic (exact) mass is 345 g/mol. The Labute approximate surface area is 154 Å². The Morgan fingerprint density at radius 1 is 0.962 bits per heavy atom. The third-order valence-electron chi connectivity index (χ3n) is 4.91. The normalized spacial score (nSPS) is 17.0. The summed E-state index contributed by atoms with van der Waals surface area (Å²) in [5, 5.41) is 9.83. The van der Waals surface area contributed by atoms with Gasteiger partial charge in [-0.25, -0.2) is 0 Å². The van der Waals surface area contributed by atoms with Crippen molar-refractivity contribution in [1.82, 2.24) is 4.90 Å². The molecule has 26 heavy (non-hydrogen) atoms. The van der Waals surface area contributed by atoms with Gasteiger partial charge in [-0.3, -0.25) is 4.90 Å². The van der Waals surface area contributed by atoms with Gasteiger partial charge in [-0.15, -0.1) is 0 Å². The summed E-state index contributed by atoms with van der Waals surface area (Å²) in [5.41, 5.74) is 5.91. The Hall–Kier alpha value is -2.62. The van der Waals surface area contributed by atoms with Crippen LogP contribution in [0.5, 0.6) is 5.75 Å². The first-order chi connectivity index (χ1) is 12.7. The van der Waals surface area contributed by atoms with E-state index in [0.29, 0.717) is 12.4 Å². The molecule has 0 saturated carbocycles. The lowest BCUT2D eigenvalue weighted by Gasteiger charge is -2.32. The SMILES string of the molecule is CN1Cc2ccc(O)cc2[C@@H](OCc2ccc(-c3ccccc3)cc2)C1. The molecule has 1 aliphatic rings. The van der Waals surface area contributed by atoms with Crippen LogP contribution in [0.1, 0.15) is 22.8 Å². The molecule has 0 aromatic heterocycles. The third kappa shape index (κ3) is 3.64. The van der Waals surface area contributed by atoms with Crippen molar-refractivity contribution in [3.63, 3.8) is 0 Å². The first kappa shape index (κ1) is 16.8. The quantitative estimate of drug-likeness (QED) is 0.740. The molecule has 0 aliphatic carbocycles. The molecule has 0 spiro atoms. The van der Waals surface area contributed by atoms with E-state index in [0.717, 1.165) is 24.2 Å². The maximum atomic E-state index is 9.83. The van der Waals surface area contributed by atoms with Crippen LogP contribution in [0.3, 0.4) is 0 Å². The highest BCUT2D eigenvalue weighted by molar-refractivity contribution is 5.63. The maximum absolute atomic E-state index is 9.83. The third-order valence-corrected chi connectivity index (χ3v) is 4.91. The molecule has 3 heteroatoms. The fourth-order valence-electron chi connectivity index (χ4n) is 3.53. The van der Waals surface area contributed by atoms with E-state index in [-0.39, 0.29) is 6.10 Å². The van der Waals surface area contributed by atoms with E-state index in [2.05, 4.69) is 60.5 Å². The van der Waals surface area contributed by atoms with Crippen molar-refractivity contribution in [3.05, 3.63) is 89.5 Å². The van der Waals surface area contributed by atoms with E-state index < -0.39 is 0 Å². The van der Waals surface area contributed by atoms with Crippen LogP contribution < -0.4 is 0 Å². The molecular weight excluding hydrogens is 322 g/mol. The highest BCUT2D eigenvalue weighted by atomic mass is 16.5. The van der Waals surface area contributed by atoms with E-state index >= 15 is 0 Å². The molecule has 0 saturated heterocycles. The minimum absolute atomic E-state index is 0.0235. The highest BCUT2D eigenvalue weighted by Gasteiger charge is 2.24. The summed E-state index contributed by atoms with van der Waals surface area (Å²) in [5.74, 6) is 0.300. The van der Waals surface area contributed by atoms with Crippen molar-refractivity contribution in [1.29, 1.82) is 0 Å². The molecule has 1 N–H and O–H groups in total. The van der Waals surface area contributed by atoms with Gasteiger partial charge in [-0.1, -0.05) is 60.7 Å². The van der Waals surface area contributed by atoms with Crippen LogP contribution in [0.25, 0.3) is 11.1 Å². The van der Waals surface area contributed by atoms with Crippen LogP contribution in [-0.4, -0.2) is 23.6 Å². The summed E-state index contributed by atoms with van der Waals surface area (Å²) < 4.78 is 6.21. The average molecular weight is 345 g/mol. The van der Waals surface area contributed by atoms with E-state index in [1.54, 1.807) is 6.07 Å². The number of hydrogen-bond donors (Lipinski definition) is 1. The Morgan fingerprint density at radius 2 is 1.69 bits per heavy atom. The lowest BCUT2D eigenvalue weighted by molar-refractivity contribution is 0.00837. The number of hydrogen-bond acceptors (Lipinski definition) is 3. The second-order valence-corrected chi connectivity index (χ2v) is 6.94. The first-order valence-electron chi connectivity index (χ1n) is 8.95. The van der Waals surface area contributed by atoms with Gasteiger partial charge in [0.05, 0.1) is 12.7 Å². The molecule has 0 radical (unpaired) electrons. The topological polar surface area (TPSA) is 32.7 Å². The number of benzene rings is 3. The van der Waals surface area contributed by atoms with Gasteiger partial charge in [0, 0.05) is 13.1 Å². The zero-order chi connectivity index (χ0) is 17.9. The summed E-state index contributed by atoms with van der Waals surface area (Å²) >= 11 is 0. The Morgan fingerprint density at radius 3 is 2.46 bits per heavy atom. The largest absolute Gasteiger partial charge is 0.508 e. The van der Waals surface area contributed by atoms with Gasteiger partial charge in [0.1, 0.15) is 5.75 Å². The van der Waals surface area contributed by atoms with Crippen molar-refractivity contribution in [2.45, 2.75) is 19.3 Å². The van der Waals surface area contributed by atoms with Gasteiger partial charge in [0.2, 0.25) is 0 Å². The Kier molecular flexibility index (Phi) is 4.74. The van der Waals surface area contributed by atoms with Crippen LogP contribution in [-0.2, 0) is 17.9 Å². The lowest BCUT2D eigenvalue weighted by atomic mass is 9.97. The van der Waals surface area contributed by atoms with Crippen LogP contribution in [0, 0.1) is 0 Å². The number of phenolic OH excluding ortho intramolecular Hbond substituents is 1. The van der Waals surface area contributed by atoms with Gasteiger partial charge in [-0.2, -0.15) is 0 Å². The fourth-order valence-corrected chi connectivity index (χ4v) is 3.53. The van der Waals surface area contributed by atoms with Crippen LogP contribution >= 0.6 is 0 Å². The van der Waals surface area contributed by atoms with Crippen molar-refractivity contribution in [2.75, 3.05) is 13.6 Å². The number of nitrogens with zero attached hydrogens (tertiary/aromatic N) is 1. The number of fused-ring (bicyclic) bond motifs is 1. The summed E-state index contributed by atoms with van der Waals surface area (Å²) in [7, 11) is 2.10. The minimum Gasteiger partial charge on any atom is -0.508 e. The summed E-state index contributed by atoms with van der Waals surface area (Å²) in [6, 6.07) is 24.5. The molecule has 0 amide bonds. The fraction of sp³-hybridized carbons (Fsp3) is 0.217. The van der Waals surface area contributed by atoms with E-state index in [9.17, 15) is 5.11 Å². The predicted molar refractivity (Wildman–Crippen MR) is 104 cm³/mol. The molecule has 0 bridgehead atoms. The zero-order valence-electron chi connectivity index (χ0n) is 14.9. The first-order valence-corrected chi connectivity index (χ1v) is 8.95. The standard InChI is InChI=1S/C23H23NO2/c1-24-14-20-11-12-21(25)13-22(20)23(15-24)26-16-17-7-9-19(10-8-17)18-5-3-2-4-6-18/h2-13,23,25H,14-16H2,1H3/t23-/m0/s1. The number of rotatable bonds is 4. The van der Waals surface area contributed by atoms with Crippen molar-refractivity contribution >= 4 is 0 Å². The van der Waals surface area contributed by atoms with E-state index in [4.69, 9.17) is 4.74 Å². The molecule has 4 rings (SSSR count). The summed E-state index contributed by atoms with van der Waals surface area (Å²) in [6.45, 7) is 2.28. The van der Waals surface area contributed by atoms with Gasteiger partial charge < -0.3 is 9.84 Å². The number of likely N-dealkylation sites (N-methyl/N-ethyl adjacent to an activating group) is 1.